The van der Waals surface area contributed by atoms with Gasteiger partial charge in [-0.1, -0.05) is 0 Å². The Balaban J connectivity index is 1.99. The predicted octanol–water partition coefficient (Wildman–Crippen LogP) is 1.43. The number of carbonyl (C=O) groups excluding carboxylic acids is 1. The van der Waals surface area contributed by atoms with E-state index in [2.05, 4.69) is 10.4 Å². The number of aromatic nitrogens is 2. The Morgan fingerprint density at radius 1 is 1.55 bits per heavy atom. The van der Waals surface area contributed by atoms with Gasteiger partial charge in [0, 0.05) is 19.4 Å². The number of rotatable bonds is 6. The van der Waals surface area contributed by atoms with E-state index < -0.39 is 5.97 Å². The monoisotopic (exact) mass is 295 g/mol. The van der Waals surface area contributed by atoms with Crippen molar-refractivity contribution < 1.29 is 19.4 Å². The van der Waals surface area contributed by atoms with Crippen molar-refractivity contribution in [1.82, 2.24) is 9.78 Å². The molecular formula is C12H13N3O4S. The summed E-state index contributed by atoms with van der Waals surface area (Å²) in [5, 5.41) is 17.0. The van der Waals surface area contributed by atoms with E-state index in [-0.39, 0.29) is 12.5 Å². The number of aliphatic carboxylic acids is 1. The Hall–Kier alpha value is -2.19. The van der Waals surface area contributed by atoms with Gasteiger partial charge in [-0.25, -0.2) is 0 Å². The lowest BCUT2D eigenvalue weighted by Crippen LogP contribution is -2.13. The van der Waals surface area contributed by atoms with E-state index in [0.29, 0.717) is 17.3 Å². The fourth-order valence-electron chi connectivity index (χ4n) is 1.57. The fourth-order valence-corrected chi connectivity index (χ4v) is 2.36. The van der Waals surface area contributed by atoms with Crippen LogP contribution in [0.5, 0.6) is 0 Å². The zero-order valence-electron chi connectivity index (χ0n) is 10.7. The van der Waals surface area contributed by atoms with Gasteiger partial charge >= 0.3 is 5.97 Å². The Morgan fingerprint density at radius 2 is 2.35 bits per heavy atom. The maximum Gasteiger partial charge on any atom is 0.325 e. The van der Waals surface area contributed by atoms with E-state index in [0.717, 1.165) is 5.56 Å². The molecule has 0 atom stereocenters. The van der Waals surface area contributed by atoms with Crippen molar-refractivity contribution in [2.24, 2.45) is 0 Å². The molecule has 0 aliphatic rings. The SMILES string of the molecule is COCc1csc(C(=O)Nc2ccn(CC(=O)O)n2)c1. The Bertz CT molecular complexity index is 620. The largest absolute Gasteiger partial charge is 0.480 e. The number of nitrogens with one attached hydrogen (secondary N) is 1. The second-order valence-electron chi connectivity index (χ2n) is 4.00. The summed E-state index contributed by atoms with van der Waals surface area (Å²) in [5.74, 6) is -0.954. The molecule has 1 amide bonds. The summed E-state index contributed by atoms with van der Waals surface area (Å²) in [6.07, 6.45) is 1.49. The molecule has 0 unspecified atom stereocenters. The molecule has 2 aromatic heterocycles. The molecule has 0 radical (unpaired) electrons. The van der Waals surface area contributed by atoms with Crippen molar-refractivity contribution in [2.45, 2.75) is 13.2 Å². The number of nitrogens with zero attached hydrogens (tertiary/aromatic N) is 2. The van der Waals surface area contributed by atoms with Crippen LogP contribution in [0.25, 0.3) is 0 Å². The highest BCUT2D eigenvalue weighted by Gasteiger charge is 2.11. The molecule has 0 saturated heterocycles. The number of amides is 1. The van der Waals surface area contributed by atoms with E-state index in [1.54, 1.807) is 19.2 Å². The van der Waals surface area contributed by atoms with Crippen LogP contribution >= 0.6 is 11.3 Å². The summed E-state index contributed by atoms with van der Waals surface area (Å²) >= 11 is 1.31. The van der Waals surface area contributed by atoms with Crippen molar-refractivity contribution in [3.8, 4) is 0 Å². The molecule has 0 bridgehead atoms. The maximum atomic E-state index is 12.0. The van der Waals surface area contributed by atoms with Gasteiger partial charge in [0.25, 0.3) is 5.91 Å². The summed E-state index contributed by atoms with van der Waals surface area (Å²) in [6, 6.07) is 3.29. The van der Waals surface area contributed by atoms with Crippen molar-refractivity contribution in [3.63, 3.8) is 0 Å². The van der Waals surface area contributed by atoms with Crippen LogP contribution < -0.4 is 5.32 Å². The quantitative estimate of drug-likeness (QED) is 0.840. The van der Waals surface area contributed by atoms with Gasteiger partial charge in [0.15, 0.2) is 5.82 Å². The number of thiophene rings is 1. The predicted molar refractivity (Wildman–Crippen MR) is 72.8 cm³/mol. The number of anilines is 1. The zero-order valence-corrected chi connectivity index (χ0v) is 11.5. The molecule has 2 aromatic rings. The van der Waals surface area contributed by atoms with Crippen molar-refractivity contribution in [2.75, 3.05) is 12.4 Å². The summed E-state index contributed by atoms with van der Waals surface area (Å²) in [6.45, 7) is 0.212. The average Bonchev–Trinajstić information content (AvgIpc) is 2.99. The number of carboxylic acid groups (broad SMARTS) is 1. The number of methoxy groups -OCH3 is 1. The van der Waals surface area contributed by atoms with Gasteiger partial charge in [-0.05, 0) is 17.0 Å². The molecule has 20 heavy (non-hydrogen) atoms. The summed E-state index contributed by atoms with van der Waals surface area (Å²) < 4.78 is 6.22. The molecule has 0 spiro atoms. The van der Waals surface area contributed by atoms with Gasteiger partial charge in [-0.2, -0.15) is 5.10 Å². The first-order chi connectivity index (χ1) is 9.58. The molecule has 2 heterocycles. The highest BCUT2D eigenvalue weighted by atomic mass is 32.1. The highest BCUT2D eigenvalue weighted by Crippen LogP contribution is 2.17. The lowest BCUT2D eigenvalue weighted by Gasteiger charge is -1.99. The first kappa shape index (κ1) is 14.2. The Morgan fingerprint density at radius 3 is 3.05 bits per heavy atom. The number of hydrogen-bond acceptors (Lipinski definition) is 5. The van der Waals surface area contributed by atoms with Crippen LogP contribution in [0, 0.1) is 0 Å². The molecule has 7 nitrogen and oxygen atoms in total. The van der Waals surface area contributed by atoms with Gasteiger partial charge < -0.3 is 15.2 Å². The molecule has 2 N–H and O–H groups in total. The van der Waals surface area contributed by atoms with Crippen molar-refractivity contribution in [3.05, 3.63) is 34.2 Å². The van der Waals surface area contributed by atoms with Crippen LogP contribution in [0.1, 0.15) is 15.2 Å². The third kappa shape index (κ3) is 3.65. The van der Waals surface area contributed by atoms with Gasteiger partial charge in [0.1, 0.15) is 6.54 Å². The molecule has 0 aliphatic carbocycles. The topological polar surface area (TPSA) is 93.5 Å². The minimum absolute atomic E-state index is 0.243. The molecule has 8 heteroatoms. The van der Waals surface area contributed by atoms with E-state index in [1.165, 1.54) is 22.2 Å². The van der Waals surface area contributed by atoms with Crippen LogP contribution in [0.4, 0.5) is 5.82 Å². The summed E-state index contributed by atoms with van der Waals surface area (Å²) in [4.78, 5) is 23.0. The van der Waals surface area contributed by atoms with E-state index in [1.807, 2.05) is 5.38 Å². The molecule has 0 fully saturated rings. The van der Waals surface area contributed by atoms with Crippen LogP contribution in [0.2, 0.25) is 0 Å². The fraction of sp³-hybridized carbons (Fsp3) is 0.250. The summed E-state index contributed by atoms with van der Waals surface area (Å²) in [5.41, 5.74) is 0.930. The Kier molecular flexibility index (Phi) is 4.49. The summed E-state index contributed by atoms with van der Waals surface area (Å²) in [7, 11) is 1.59. The van der Waals surface area contributed by atoms with E-state index >= 15 is 0 Å². The second-order valence-corrected chi connectivity index (χ2v) is 4.91. The first-order valence-corrected chi connectivity index (χ1v) is 6.59. The third-order valence-electron chi connectivity index (χ3n) is 2.37. The van der Waals surface area contributed by atoms with E-state index in [4.69, 9.17) is 9.84 Å². The van der Waals surface area contributed by atoms with E-state index in [9.17, 15) is 9.59 Å². The zero-order chi connectivity index (χ0) is 14.5. The number of carbonyl (C=O) groups is 2. The normalized spacial score (nSPS) is 10.4. The van der Waals surface area contributed by atoms with Crippen molar-refractivity contribution in [1.29, 1.82) is 0 Å². The van der Waals surface area contributed by atoms with Gasteiger partial charge in [0.05, 0.1) is 11.5 Å². The van der Waals surface area contributed by atoms with Crippen LogP contribution in [-0.2, 0) is 22.7 Å². The lowest BCUT2D eigenvalue weighted by atomic mass is 10.3. The van der Waals surface area contributed by atoms with Gasteiger partial charge in [-0.3, -0.25) is 14.3 Å². The minimum atomic E-state index is -0.992. The molecule has 0 aromatic carbocycles. The lowest BCUT2D eigenvalue weighted by molar-refractivity contribution is -0.137. The van der Waals surface area contributed by atoms with Gasteiger partial charge in [0.2, 0.25) is 0 Å². The average molecular weight is 295 g/mol. The van der Waals surface area contributed by atoms with Crippen LogP contribution in [-0.4, -0.2) is 33.9 Å². The number of hydrogen-bond donors (Lipinski definition) is 2. The molecule has 0 aliphatic heterocycles. The van der Waals surface area contributed by atoms with Gasteiger partial charge in [-0.15, -0.1) is 11.3 Å². The smallest absolute Gasteiger partial charge is 0.325 e. The standard InChI is InChI=1S/C12H13N3O4S/c1-19-6-8-4-9(20-7-8)12(18)13-10-2-3-15(14-10)5-11(16)17/h2-4,7H,5-6H2,1H3,(H,16,17)(H,13,14,18). The number of carboxylic acids is 1. The molecular weight excluding hydrogens is 282 g/mol. The maximum absolute atomic E-state index is 12.0. The van der Waals surface area contributed by atoms with Crippen molar-refractivity contribution >= 4 is 29.0 Å². The minimum Gasteiger partial charge on any atom is -0.480 e. The molecule has 2 rings (SSSR count). The van der Waals surface area contributed by atoms with Crippen LogP contribution in [0.15, 0.2) is 23.7 Å². The van der Waals surface area contributed by atoms with Crippen LogP contribution in [0.3, 0.4) is 0 Å². The molecule has 0 saturated carbocycles. The molecule has 106 valence electrons. The second kappa shape index (κ2) is 6.31. The Labute approximate surface area is 118 Å². The highest BCUT2D eigenvalue weighted by molar-refractivity contribution is 7.12. The first-order valence-electron chi connectivity index (χ1n) is 5.71. The number of ether oxygens (including phenoxy) is 1. The third-order valence-corrected chi connectivity index (χ3v) is 3.35.